The van der Waals surface area contributed by atoms with Crippen LogP contribution in [0.5, 0.6) is 0 Å². The molecule has 2 N–H and O–H groups in total. The van der Waals surface area contributed by atoms with Gasteiger partial charge in [0.25, 0.3) is 6.43 Å². The van der Waals surface area contributed by atoms with Crippen LogP contribution in [0.4, 0.5) is 8.78 Å². The number of nitrogen functional groups attached to an aromatic ring is 1. The van der Waals surface area contributed by atoms with Crippen molar-refractivity contribution >= 4 is 5.78 Å². The van der Waals surface area contributed by atoms with E-state index in [1.165, 1.54) is 0 Å². The lowest BCUT2D eigenvalue weighted by Crippen LogP contribution is -2.16. The molecule has 2 aliphatic rings. The van der Waals surface area contributed by atoms with Crippen LogP contribution in [-0.4, -0.2) is 15.7 Å². The molecule has 6 heteroatoms. The number of ketones is 1. The Bertz CT molecular complexity index is 440. The molecule has 1 fully saturated rings. The van der Waals surface area contributed by atoms with Gasteiger partial charge >= 0.3 is 0 Å². The molecule has 0 saturated heterocycles. The van der Waals surface area contributed by atoms with E-state index >= 15 is 0 Å². The predicted molar refractivity (Wildman–Crippen MR) is 42.5 cm³/mol. The van der Waals surface area contributed by atoms with Crippen molar-refractivity contribution < 1.29 is 13.6 Å². The van der Waals surface area contributed by atoms with Gasteiger partial charge in [-0.1, -0.05) is 0 Å². The maximum Gasteiger partial charge on any atom is 0.282 e. The second-order valence-electron chi connectivity index (χ2n) is 3.71. The molecule has 14 heavy (non-hydrogen) atoms. The number of nitrogens with zero attached hydrogens (tertiary/aromatic N) is 2. The van der Waals surface area contributed by atoms with Gasteiger partial charge in [-0.2, -0.15) is 4.79 Å². The summed E-state index contributed by atoms with van der Waals surface area (Å²) in [5.41, 5.74) is 0.250. The Hall–Kier alpha value is -1.46. The maximum atomic E-state index is 12.6. The molecule has 0 spiro atoms. The maximum absolute atomic E-state index is 12.6. The second kappa shape index (κ2) is 2.13. The molecule has 74 valence electrons. The topological polar surface area (TPSA) is 60.9 Å². The van der Waals surface area contributed by atoms with Crippen LogP contribution in [0.3, 0.4) is 0 Å². The van der Waals surface area contributed by atoms with E-state index in [2.05, 4.69) is 5.10 Å². The van der Waals surface area contributed by atoms with Gasteiger partial charge in [0.05, 0.1) is 0 Å². The van der Waals surface area contributed by atoms with Crippen LogP contribution >= 0.6 is 0 Å². The normalized spacial score (nSPS) is 28.1. The van der Waals surface area contributed by atoms with Crippen LogP contribution in [0.25, 0.3) is 0 Å². The fourth-order valence-electron chi connectivity index (χ4n) is 2.20. The van der Waals surface area contributed by atoms with Gasteiger partial charge in [0, 0.05) is 11.5 Å². The van der Waals surface area contributed by atoms with Gasteiger partial charge in [-0.3, -0.25) is 4.79 Å². The Kier molecular flexibility index (Phi) is 1.20. The highest BCUT2D eigenvalue weighted by atomic mass is 19.3. The first-order valence-corrected chi connectivity index (χ1v) is 4.31. The summed E-state index contributed by atoms with van der Waals surface area (Å²) in [7, 11) is 0. The molecule has 2 aliphatic carbocycles. The summed E-state index contributed by atoms with van der Waals surface area (Å²) in [4.78, 5) is 12.1. The van der Waals surface area contributed by atoms with Crippen LogP contribution in [-0.2, 0) is 0 Å². The summed E-state index contributed by atoms with van der Waals surface area (Å²) in [6.45, 7) is 0. The van der Waals surface area contributed by atoms with Gasteiger partial charge in [-0.05, 0) is 12.3 Å². The summed E-state index contributed by atoms with van der Waals surface area (Å²) >= 11 is 0. The Morgan fingerprint density at radius 1 is 1.50 bits per heavy atom. The Morgan fingerprint density at radius 3 is 2.86 bits per heavy atom. The lowest BCUT2D eigenvalue weighted by molar-refractivity contribution is 0.0968. The van der Waals surface area contributed by atoms with Crippen molar-refractivity contribution in [1.82, 2.24) is 9.89 Å². The number of fused-ring (bicyclic) bond motifs is 3. The third-order valence-corrected chi connectivity index (χ3v) is 2.92. The average molecular weight is 199 g/mol. The van der Waals surface area contributed by atoms with Gasteiger partial charge in [0.1, 0.15) is 11.4 Å². The van der Waals surface area contributed by atoms with Gasteiger partial charge in [0.2, 0.25) is 0 Å². The van der Waals surface area contributed by atoms with Crippen LogP contribution in [0.15, 0.2) is 0 Å². The van der Waals surface area contributed by atoms with Crippen molar-refractivity contribution in [2.24, 2.45) is 5.92 Å². The molecule has 3 rings (SSSR count). The van der Waals surface area contributed by atoms with Crippen LogP contribution in [0.1, 0.15) is 40.5 Å². The van der Waals surface area contributed by atoms with E-state index in [0.29, 0.717) is 16.8 Å². The molecule has 0 aromatic carbocycles. The Labute approximate surface area is 77.7 Å². The number of rotatable bonds is 1. The van der Waals surface area contributed by atoms with Crippen molar-refractivity contribution in [1.29, 1.82) is 0 Å². The molecular weight excluding hydrogens is 192 g/mol. The largest absolute Gasteiger partial charge is 0.323 e. The van der Waals surface area contributed by atoms with Gasteiger partial charge in [-0.25, -0.2) is 8.78 Å². The SMILES string of the molecule is Nn1nc2c(c1C(F)F)C1CC1C2=O. The number of carbonyl (C=O) groups is 1. The number of hydrogen-bond acceptors (Lipinski definition) is 3. The molecule has 4 nitrogen and oxygen atoms in total. The smallest absolute Gasteiger partial charge is 0.282 e. The molecule has 2 atom stereocenters. The minimum Gasteiger partial charge on any atom is -0.323 e. The Balaban J connectivity index is 2.23. The Morgan fingerprint density at radius 2 is 2.21 bits per heavy atom. The third kappa shape index (κ3) is 0.718. The van der Waals surface area contributed by atoms with Gasteiger partial charge in [0.15, 0.2) is 5.78 Å². The molecule has 0 bridgehead atoms. The number of alkyl halides is 2. The predicted octanol–water partition coefficient (Wildman–Crippen LogP) is 0.834. The zero-order chi connectivity index (χ0) is 10.0. The monoisotopic (exact) mass is 199 g/mol. The lowest BCUT2D eigenvalue weighted by Gasteiger charge is -2.01. The van der Waals surface area contributed by atoms with Crippen molar-refractivity contribution in [3.8, 4) is 0 Å². The summed E-state index contributed by atoms with van der Waals surface area (Å²) < 4.78 is 25.2. The van der Waals surface area contributed by atoms with Crippen molar-refractivity contribution in [2.75, 3.05) is 5.84 Å². The summed E-state index contributed by atoms with van der Waals surface area (Å²) in [6.07, 6.45) is -1.99. The van der Waals surface area contributed by atoms with Crippen LogP contribution < -0.4 is 5.84 Å². The first-order chi connectivity index (χ1) is 6.61. The summed E-state index contributed by atoms with van der Waals surface area (Å²) in [5.74, 6) is 5.01. The molecule has 0 radical (unpaired) electrons. The van der Waals surface area contributed by atoms with Crippen molar-refractivity contribution in [3.05, 3.63) is 17.0 Å². The van der Waals surface area contributed by atoms with Crippen molar-refractivity contribution in [3.63, 3.8) is 0 Å². The number of hydrogen-bond donors (Lipinski definition) is 1. The number of Topliss-reactive ketones (excluding diaryl/α,β-unsaturated/α-hetero) is 1. The minimum absolute atomic E-state index is 0.0428. The van der Waals surface area contributed by atoms with E-state index in [0.717, 1.165) is 0 Å². The molecule has 1 aromatic rings. The fraction of sp³-hybridized carbons (Fsp3) is 0.500. The van der Waals surface area contributed by atoms with E-state index in [-0.39, 0.29) is 29.0 Å². The van der Waals surface area contributed by atoms with Crippen LogP contribution in [0.2, 0.25) is 0 Å². The molecule has 1 heterocycles. The zero-order valence-corrected chi connectivity index (χ0v) is 7.08. The molecule has 0 aliphatic heterocycles. The third-order valence-electron chi connectivity index (χ3n) is 2.92. The fourth-order valence-corrected chi connectivity index (χ4v) is 2.20. The number of nitrogens with two attached hydrogens (primary N) is 1. The highest BCUT2D eigenvalue weighted by molar-refractivity contribution is 6.04. The molecule has 0 amide bonds. The highest BCUT2D eigenvalue weighted by Crippen LogP contribution is 2.57. The summed E-state index contributed by atoms with van der Waals surface area (Å²) in [5, 5.41) is 3.64. The van der Waals surface area contributed by atoms with E-state index < -0.39 is 6.43 Å². The number of aromatic nitrogens is 2. The highest BCUT2D eigenvalue weighted by Gasteiger charge is 2.56. The molecule has 1 aromatic heterocycles. The first kappa shape index (κ1) is 7.90. The lowest BCUT2D eigenvalue weighted by atomic mass is 10.1. The number of carbonyl (C=O) groups excluding carboxylic acids is 1. The van der Waals surface area contributed by atoms with E-state index in [9.17, 15) is 13.6 Å². The molecular formula is C8H7F2N3O. The van der Waals surface area contributed by atoms with Crippen molar-refractivity contribution in [2.45, 2.75) is 18.8 Å². The van der Waals surface area contributed by atoms with E-state index in [4.69, 9.17) is 5.84 Å². The number of halogens is 2. The van der Waals surface area contributed by atoms with Crippen LogP contribution in [0, 0.1) is 5.92 Å². The van der Waals surface area contributed by atoms with Gasteiger partial charge in [-0.15, -0.1) is 5.10 Å². The first-order valence-electron chi connectivity index (χ1n) is 4.31. The molecule has 1 saturated carbocycles. The average Bonchev–Trinajstić information content (AvgIpc) is 2.74. The van der Waals surface area contributed by atoms with E-state index in [1.807, 2.05) is 0 Å². The summed E-state index contributed by atoms with van der Waals surface area (Å²) in [6, 6.07) is 0. The van der Waals surface area contributed by atoms with Gasteiger partial charge < -0.3 is 5.84 Å². The van der Waals surface area contributed by atoms with E-state index in [1.54, 1.807) is 0 Å². The second-order valence-corrected chi connectivity index (χ2v) is 3.71. The standard InChI is InChI=1S/C8H7F2N3O/c9-8(10)6-4-2-1-3(2)7(14)5(4)12-13(6)11/h2-3,8H,1,11H2. The minimum atomic E-state index is -2.66. The molecule has 2 unspecified atom stereocenters. The zero-order valence-electron chi connectivity index (χ0n) is 7.08. The quantitative estimate of drug-likeness (QED) is 0.681.